The van der Waals surface area contributed by atoms with E-state index in [1.54, 1.807) is 0 Å². The summed E-state index contributed by atoms with van der Waals surface area (Å²) in [5.41, 5.74) is 0.364. The van der Waals surface area contributed by atoms with E-state index in [0.29, 0.717) is 25.1 Å². The third-order valence-corrected chi connectivity index (χ3v) is 3.24. The number of benzene rings is 1. The van der Waals surface area contributed by atoms with Crippen molar-refractivity contribution in [1.82, 2.24) is 16.0 Å². The summed E-state index contributed by atoms with van der Waals surface area (Å²) in [4.78, 5) is 23.4. The molecule has 0 bridgehead atoms. The zero-order valence-electron chi connectivity index (χ0n) is 11.8. The van der Waals surface area contributed by atoms with E-state index in [1.165, 1.54) is 24.3 Å². The van der Waals surface area contributed by atoms with Crippen LogP contribution in [0, 0.1) is 5.82 Å². The number of β-amino-alcohol motifs (C(OH)–C–C–N with tert-alkyl or cyclic N) is 1. The maximum absolute atomic E-state index is 12.7. The summed E-state index contributed by atoms with van der Waals surface area (Å²) < 4.78 is 12.7. The largest absolute Gasteiger partial charge is 0.392 e. The van der Waals surface area contributed by atoms with Gasteiger partial charge in [-0.3, -0.25) is 9.59 Å². The van der Waals surface area contributed by atoms with Gasteiger partial charge in [-0.2, -0.15) is 0 Å². The van der Waals surface area contributed by atoms with Crippen LogP contribution in [0.2, 0.25) is 0 Å². The second kappa shape index (κ2) is 8.67. The zero-order chi connectivity index (χ0) is 15.2. The molecular formula is C14H19ClFN3O3. The van der Waals surface area contributed by atoms with E-state index >= 15 is 0 Å². The molecule has 2 rings (SSSR count). The summed E-state index contributed by atoms with van der Waals surface area (Å²) in [6.45, 7) is 0.983. The fourth-order valence-electron chi connectivity index (χ4n) is 2.11. The van der Waals surface area contributed by atoms with Gasteiger partial charge in [0.1, 0.15) is 5.82 Å². The molecule has 0 radical (unpaired) electrons. The van der Waals surface area contributed by atoms with Crippen molar-refractivity contribution in [2.75, 3.05) is 19.6 Å². The maximum atomic E-state index is 12.7. The molecule has 1 aromatic rings. The number of halogens is 2. The SMILES string of the molecule is Cl.O=C(NCCNC(=O)C1CC(O)CN1)c1ccc(F)cc1. The Morgan fingerprint density at radius 2 is 1.86 bits per heavy atom. The van der Waals surface area contributed by atoms with Gasteiger partial charge in [0.05, 0.1) is 12.1 Å². The number of carbonyl (C=O) groups excluding carboxylic acids is 2. The minimum absolute atomic E-state index is 0. The first kappa shape index (κ1) is 18.3. The zero-order valence-corrected chi connectivity index (χ0v) is 12.7. The first-order valence-corrected chi connectivity index (χ1v) is 6.79. The average Bonchev–Trinajstić information content (AvgIpc) is 2.90. The summed E-state index contributed by atoms with van der Waals surface area (Å²) in [7, 11) is 0. The van der Waals surface area contributed by atoms with Gasteiger partial charge < -0.3 is 21.1 Å². The molecule has 2 atom stereocenters. The number of carbonyl (C=O) groups is 2. The van der Waals surface area contributed by atoms with Gasteiger partial charge in [0.15, 0.2) is 0 Å². The van der Waals surface area contributed by atoms with Crippen molar-refractivity contribution in [2.45, 2.75) is 18.6 Å². The van der Waals surface area contributed by atoms with Crippen LogP contribution in [0.1, 0.15) is 16.8 Å². The van der Waals surface area contributed by atoms with E-state index in [0.717, 1.165) is 0 Å². The number of aliphatic hydroxyl groups is 1. The van der Waals surface area contributed by atoms with Gasteiger partial charge in [-0.05, 0) is 30.7 Å². The van der Waals surface area contributed by atoms with Crippen LogP contribution >= 0.6 is 12.4 Å². The monoisotopic (exact) mass is 331 g/mol. The van der Waals surface area contributed by atoms with Crippen LogP contribution in [0.5, 0.6) is 0 Å². The van der Waals surface area contributed by atoms with Gasteiger partial charge >= 0.3 is 0 Å². The molecule has 1 aliphatic rings. The van der Waals surface area contributed by atoms with Crippen LogP contribution in [0.15, 0.2) is 24.3 Å². The van der Waals surface area contributed by atoms with Crippen LogP contribution < -0.4 is 16.0 Å². The molecule has 4 N–H and O–H groups in total. The summed E-state index contributed by atoms with van der Waals surface area (Å²) in [6.07, 6.45) is -0.0905. The smallest absolute Gasteiger partial charge is 0.251 e. The van der Waals surface area contributed by atoms with Gasteiger partial charge in [-0.15, -0.1) is 12.4 Å². The molecule has 0 aliphatic carbocycles. The predicted octanol–water partition coefficient (Wildman–Crippen LogP) is -0.184. The highest BCUT2D eigenvalue weighted by Gasteiger charge is 2.27. The number of nitrogens with one attached hydrogen (secondary N) is 3. The van der Waals surface area contributed by atoms with Crippen molar-refractivity contribution in [2.24, 2.45) is 0 Å². The molecule has 1 fully saturated rings. The Labute approximate surface area is 133 Å². The number of amides is 2. The minimum atomic E-state index is -0.487. The van der Waals surface area contributed by atoms with Crippen LogP contribution in [0.4, 0.5) is 4.39 Å². The Kier molecular flexibility index (Phi) is 7.23. The highest BCUT2D eigenvalue weighted by atomic mass is 35.5. The highest BCUT2D eigenvalue weighted by molar-refractivity contribution is 5.94. The molecule has 8 heteroatoms. The first-order valence-electron chi connectivity index (χ1n) is 6.79. The fraction of sp³-hybridized carbons (Fsp3) is 0.429. The first-order chi connectivity index (χ1) is 10.1. The lowest BCUT2D eigenvalue weighted by atomic mass is 10.2. The van der Waals surface area contributed by atoms with Crippen molar-refractivity contribution in [3.8, 4) is 0 Å². The average molecular weight is 332 g/mol. The van der Waals surface area contributed by atoms with Gasteiger partial charge in [0.25, 0.3) is 5.91 Å². The lowest BCUT2D eigenvalue weighted by Gasteiger charge is -2.11. The lowest BCUT2D eigenvalue weighted by Crippen LogP contribution is -2.43. The van der Waals surface area contributed by atoms with E-state index in [1.807, 2.05) is 0 Å². The third kappa shape index (κ3) is 5.25. The molecule has 1 saturated heterocycles. The number of aliphatic hydroxyl groups excluding tert-OH is 1. The van der Waals surface area contributed by atoms with Gasteiger partial charge in [-0.1, -0.05) is 0 Å². The summed E-state index contributed by atoms with van der Waals surface area (Å²) in [5.74, 6) is -0.911. The molecule has 122 valence electrons. The summed E-state index contributed by atoms with van der Waals surface area (Å²) in [5, 5.41) is 17.5. The van der Waals surface area contributed by atoms with E-state index in [2.05, 4.69) is 16.0 Å². The Morgan fingerprint density at radius 1 is 1.23 bits per heavy atom. The van der Waals surface area contributed by atoms with Crippen LogP contribution in [0.3, 0.4) is 0 Å². The van der Waals surface area contributed by atoms with Gasteiger partial charge in [-0.25, -0.2) is 4.39 Å². The molecule has 0 aromatic heterocycles. The Balaban J connectivity index is 0.00000242. The lowest BCUT2D eigenvalue weighted by molar-refractivity contribution is -0.122. The van der Waals surface area contributed by atoms with E-state index < -0.39 is 11.9 Å². The fourth-order valence-corrected chi connectivity index (χ4v) is 2.11. The van der Waals surface area contributed by atoms with Crippen LogP contribution in [0.25, 0.3) is 0 Å². The van der Waals surface area contributed by atoms with Crippen molar-refractivity contribution in [3.05, 3.63) is 35.6 Å². The second-order valence-electron chi connectivity index (χ2n) is 4.90. The Hall–Kier alpha value is -1.70. The van der Waals surface area contributed by atoms with Crippen LogP contribution in [-0.2, 0) is 4.79 Å². The number of rotatable bonds is 5. The van der Waals surface area contributed by atoms with E-state index in [4.69, 9.17) is 0 Å². The molecular weight excluding hydrogens is 313 g/mol. The molecule has 2 amide bonds. The van der Waals surface area contributed by atoms with Crippen molar-refractivity contribution < 1.29 is 19.1 Å². The molecule has 6 nitrogen and oxygen atoms in total. The molecule has 22 heavy (non-hydrogen) atoms. The standard InChI is InChI=1S/C14H18FN3O3.ClH/c15-10-3-1-9(2-4-10)13(20)16-5-6-17-14(21)12-7-11(19)8-18-12;/h1-4,11-12,18-19H,5-8H2,(H,16,20)(H,17,21);1H. The quantitative estimate of drug-likeness (QED) is 0.563. The molecule has 0 spiro atoms. The molecule has 2 unspecified atom stereocenters. The Bertz CT molecular complexity index is 513. The van der Waals surface area contributed by atoms with Gasteiger partial charge in [0, 0.05) is 25.2 Å². The normalized spacial score (nSPS) is 20.1. The summed E-state index contributed by atoms with van der Waals surface area (Å²) in [6, 6.07) is 4.84. The highest BCUT2D eigenvalue weighted by Crippen LogP contribution is 2.05. The molecule has 1 aromatic carbocycles. The topological polar surface area (TPSA) is 90.5 Å². The van der Waals surface area contributed by atoms with E-state index in [9.17, 15) is 19.1 Å². The van der Waals surface area contributed by atoms with Crippen molar-refractivity contribution in [3.63, 3.8) is 0 Å². The minimum Gasteiger partial charge on any atom is -0.392 e. The van der Waals surface area contributed by atoms with E-state index in [-0.39, 0.29) is 36.8 Å². The molecule has 0 saturated carbocycles. The van der Waals surface area contributed by atoms with Gasteiger partial charge in [0.2, 0.25) is 5.91 Å². The molecule has 1 heterocycles. The summed E-state index contributed by atoms with van der Waals surface area (Å²) >= 11 is 0. The number of hydrogen-bond acceptors (Lipinski definition) is 4. The maximum Gasteiger partial charge on any atom is 0.251 e. The predicted molar refractivity (Wildman–Crippen MR) is 81.4 cm³/mol. The number of hydrogen-bond donors (Lipinski definition) is 4. The van der Waals surface area contributed by atoms with Crippen molar-refractivity contribution >= 4 is 24.2 Å². The molecule has 1 aliphatic heterocycles. The van der Waals surface area contributed by atoms with Crippen molar-refractivity contribution in [1.29, 1.82) is 0 Å². The third-order valence-electron chi connectivity index (χ3n) is 3.24. The Morgan fingerprint density at radius 3 is 2.45 bits per heavy atom. The second-order valence-corrected chi connectivity index (χ2v) is 4.90. The van der Waals surface area contributed by atoms with Crippen LogP contribution in [-0.4, -0.2) is 48.7 Å².